The van der Waals surface area contributed by atoms with E-state index in [2.05, 4.69) is 43.4 Å². The second-order valence-corrected chi connectivity index (χ2v) is 9.89. The largest absolute Gasteiger partial charge is 0.352 e. The first-order chi connectivity index (χ1) is 15.9. The van der Waals surface area contributed by atoms with Gasteiger partial charge in [-0.25, -0.2) is 0 Å². The third-order valence-electron chi connectivity index (χ3n) is 6.63. The van der Waals surface area contributed by atoms with Crippen LogP contribution in [0.15, 0.2) is 48.5 Å². The van der Waals surface area contributed by atoms with Crippen LogP contribution in [0.1, 0.15) is 81.9 Å². The van der Waals surface area contributed by atoms with Gasteiger partial charge in [0.1, 0.15) is 6.04 Å². The minimum Gasteiger partial charge on any atom is -0.352 e. The number of carbonyl (C=O) groups is 2. The van der Waals surface area contributed by atoms with Crippen molar-refractivity contribution in [3.05, 3.63) is 70.2 Å². The second-order valence-electron chi connectivity index (χ2n) is 9.46. The molecule has 0 spiro atoms. The molecular weight excluding hydrogens is 432 g/mol. The lowest BCUT2D eigenvalue weighted by molar-refractivity contribution is -0.141. The van der Waals surface area contributed by atoms with Gasteiger partial charge in [0.15, 0.2) is 0 Å². The van der Waals surface area contributed by atoms with E-state index >= 15 is 0 Å². The summed E-state index contributed by atoms with van der Waals surface area (Å²) >= 11 is 6.05. The molecule has 1 aliphatic carbocycles. The molecule has 4 nitrogen and oxygen atoms in total. The molecular formula is C28H37ClN2O2. The summed E-state index contributed by atoms with van der Waals surface area (Å²) in [5.41, 5.74) is 3.41. The van der Waals surface area contributed by atoms with Gasteiger partial charge in [0.2, 0.25) is 11.8 Å². The molecule has 0 saturated heterocycles. The number of halogens is 1. The molecule has 0 bridgehead atoms. The first kappa shape index (κ1) is 25.3. The maximum Gasteiger partial charge on any atom is 0.243 e. The lowest BCUT2D eigenvalue weighted by atomic mass is 10.00. The molecule has 0 unspecified atom stereocenters. The number of nitrogens with one attached hydrogen (secondary N) is 1. The standard InChI is InChI=1S/C28H37ClN2O2/c1-4-26(28(33)30-25-7-5-6-8-25)31(19-22-11-16-24(29)17-12-22)27(32)18-13-21-9-14-23(15-10-21)20(2)3/h9-12,14-17,20,25-26H,4-8,13,18-19H2,1-3H3,(H,30,33)/t26-/m1/s1. The Balaban J connectivity index is 1.73. The van der Waals surface area contributed by atoms with Crippen LogP contribution in [-0.4, -0.2) is 28.8 Å². The van der Waals surface area contributed by atoms with Crippen LogP contribution in [0.3, 0.4) is 0 Å². The summed E-state index contributed by atoms with van der Waals surface area (Å²) in [6.45, 7) is 6.73. The van der Waals surface area contributed by atoms with E-state index in [1.165, 1.54) is 5.56 Å². The smallest absolute Gasteiger partial charge is 0.243 e. The fourth-order valence-corrected chi connectivity index (χ4v) is 4.66. The van der Waals surface area contributed by atoms with Gasteiger partial charge in [-0.1, -0.05) is 81.6 Å². The van der Waals surface area contributed by atoms with Gasteiger partial charge in [-0.15, -0.1) is 0 Å². The van der Waals surface area contributed by atoms with Gasteiger partial charge >= 0.3 is 0 Å². The number of rotatable bonds is 10. The molecule has 5 heteroatoms. The van der Waals surface area contributed by atoms with Crippen LogP contribution in [0.25, 0.3) is 0 Å². The summed E-state index contributed by atoms with van der Waals surface area (Å²) in [4.78, 5) is 28.4. The summed E-state index contributed by atoms with van der Waals surface area (Å²) in [6.07, 6.45) is 5.99. The second kappa shape index (κ2) is 12.2. The minimum atomic E-state index is -0.475. The van der Waals surface area contributed by atoms with Crippen LogP contribution in [-0.2, 0) is 22.6 Å². The van der Waals surface area contributed by atoms with Gasteiger partial charge in [0.05, 0.1) is 0 Å². The highest BCUT2D eigenvalue weighted by atomic mass is 35.5. The van der Waals surface area contributed by atoms with E-state index in [9.17, 15) is 9.59 Å². The summed E-state index contributed by atoms with van der Waals surface area (Å²) in [7, 11) is 0. The Morgan fingerprint density at radius 2 is 1.61 bits per heavy atom. The van der Waals surface area contributed by atoms with Crippen LogP contribution in [0.2, 0.25) is 5.02 Å². The topological polar surface area (TPSA) is 49.4 Å². The number of nitrogens with zero attached hydrogens (tertiary/aromatic N) is 1. The minimum absolute atomic E-state index is 0.00584. The average Bonchev–Trinajstić information content (AvgIpc) is 3.32. The van der Waals surface area contributed by atoms with Crippen LogP contribution in [0.5, 0.6) is 0 Å². The third kappa shape index (κ3) is 7.33. The quantitative estimate of drug-likeness (QED) is 0.447. The average molecular weight is 469 g/mol. The zero-order valence-electron chi connectivity index (χ0n) is 20.1. The molecule has 178 valence electrons. The van der Waals surface area contributed by atoms with E-state index in [4.69, 9.17) is 11.6 Å². The van der Waals surface area contributed by atoms with Crippen molar-refractivity contribution in [3.63, 3.8) is 0 Å². The molecule has 3 rings (SSSR count). The molecule has 2 aromatic carbocycles. The Morgan fingerprint density at radius 3 is 2.18 bits per heavy atom. The Labute approximate surface area is 203 Å². The molecule has 1 saturated carbocycles. The molecule has 1 aliphatic rings. The van der Waals surface area contributed by atoms with E-state index in [1.54, 1.807) is 4.90 Å². The Hall–Kier alpha value is -2.33. The highest BCUT2D eigenvalue weighted by Gasteiger charge is 2.30. The van der Waals surface area contributed by atoms with Crippen LogP contribution in [0, 0.1) is 0 Å². The van der Waals surface area contributed by atoms with E-state index in [1.807, 2.05) is 31.2 Å². The molecule has 1 N–H and O–H groups in total. The predicted octanol–water partition coefficient (Wildman–Crippen LogP) is 6.26. The molecule has 0 heterocycles. The van der Waals surface area contributed by atoms with Gasteiger partial charge in [-0.2, -0.15) is 0 Å². The summed E-state index contributed by atoms with van der Waals surface area (Å²) < 4.78 is 0. The summed E-state index contributed by atoms with van der Waals surface area (Å²) in [5, 5.41) is 3.86. The summed E-state index contributed by atoms with van der Waals surface area (Å²) in [5.74, 6) is 0.457. The lowest BCUT2D eigenvalue weighted by Crippen LogP contribution is -2.51. The van der Waals surface area contributed by atoms with Crippen LogP contribution < -0.4 is 5.32 Å². The van der Waals surface area contributed by atoms with Crippen molar-refractivity contribution in [2.24, 2.45) is 0 Å². The SMILES string of the molecule is CC[C@H](C(=O)NC1CCCC1)N(Cc1ccc(Cl)cc1)C(=O)CCc1ccc(C(C)C)cc1. The van der Waals surface area contributed by atoms with Gasteiger partial charge in [0.25, 0.3) is 0 Å². The Morgan fingerprint density at radius 1 is 1.00 bits per heavy atom. The first-order valence-corrected chi connectivity index (χ1v) is 12.7. The fourth-order valence-electron chi connectivity index (χ4n) is 4.54. The Bertz CT molecular complexity index is 902. The van der Waals surface area contributed by atoms with Gasteiger partial charge in [0, 0.05) is 24.0 Å². The molecule has 1 fully saturated rings. The number of aryl methyl sites for hydroxylation is 1. The molecule has 0 aromatic heterocycles. The van der Waals surface area contributed by atoms with Crippen molar-refractivity contribution in [1.29, 1.82) is 0 Å². The zero-order chi connectivity index (χ0) is 23.8. The molecule has 2 amide bonds. The van der Waals surface area contributed by atoms with E-state index in [0.717, 1.165) is 36.8 Å². The fraction of sp³-hybridized carbons (Fsp3) is 0.500. The molecule has 1 atom stereocenters. The number of hydrogen-bond acceptors (Lipinski definition) is 2. The Kier molecular flexibility index (Phi) is 9.37. The van der Waals surface area contributed by atoms with Crippen molar-refractivity contribution >= 4 is 23.4 Å². The van der Waals surface area contributed by atoms with E-state index < -0.39 is 6.04 Å². The monoisotopic (exact) mass is 468 g/mol. The first-order valence-electron chi connectivity index (χ1n) is 12.3. The number of carbonyl (C=O) groups excluding carboxylic acids is 2. The van der Waals surface area contributed by atoms with Crippen molar-refractivity contribution < 1.29 is 9.59 Å². The number of benzene rings is 2. The van der Waals surface area contributed by atoms with Gasteiger partial charge in [-0.05, 0) is 60.4 Å². The molecule has 33 heavy (non-hydrogen) atoms. The maximum atomic E-state index is 13.4. The summed E-state index contributed by atoms with van der Waals surface area (Å²) in [6, 6.07) is 15.8. The third-order valence-corrected chi connectivity index (χ3v) is 6.88. The van der Waals surface area contributed by atoms with E-state index in [0.29, 0.717) is 36.7 Å². The number of hydrogen-bond donors (Lipinski definition) is 1. The van der Waals surface area contributed by atoms with Crippen molar-refractivity contribution in [2.75, 3.05) is 0 Å². The highest BCUT2D eigenvalue weighted by molar-refractivity contribution is 6.30. The van der Waals surface area contributed by atoms with Crippen molar-refractivity contribution in [3.8, 4) is 0 Å². The predicted molar refractivity (Wildman–Crippen MR) is 135 cm³/mol. The molecule has 0 radical (unpaired) electrons. The van der Waals surface area contributed by atoms with Crippen LogP contribution >= 0.6 is 11.6 Å². The van der Waals surface area contributed by atoms with Gasteiger partial charge < -0.3 is 10.2 Å². The molecule has 2 aromatic rings. The van der Waals surface area contributed by atoms with Crippen molar-refractivity contribution in [1.82, 2.24) is 10.2 Å². The zero-order valence-corrected chi connectivity index (χ0v) is 20.9. The lowest BCUT2D eigenvalue weighted by Gasteiger charge is -2.31. The van der Waals surface area contributed by atoms with Crippen molar-refractivity contribution in [2.45, 2.75) is 90.3 Å². The maximum absolute atomic E-state index is 13.4. The number of amides is 2. The van der Waals surface area contributed by atoms with Crippen LogP contribution in [0.4, 0.5) is 0 Å². The van der Waals surface area contributed by atoms with Gasteiger partial charge in [-0.3, -0.25) is 9.59 Å². The highest BCUT2D eigenvalue weighted by Crippen LogP contribution is 2.21. The normalized spacial score (nSPS) is 14.9. The van der Waals surface area contributed by atoms with E-state index in [-0.39, 0.29) is 17.9 Å². The molecule has 0 aliphatic heterocycles.